The molecule has 5 heteroatoms. The minimum atomic E-state index is 0.0310. The van der Waals surface area contributed by atoms with Crippen LogP contribution in [0, 0.1) is 5.92 Å². The largest absolute Gasteiger partial charge is 0.380 e. The van der Waals surface area contributed by atoms with E-state index in [-0.39, 0.29) is 17.9 Å². The molecular weight excluding hydrogens is 343 g/mol. The molecule has 0 spiro atoms. The van der Waals surface area contributed by atoms with Gasteiger partial charge in [-0.25, -0.2) is 0 Å². The molecule has 2 atom stereocenters. The molecule has 0 bridgehead atoms. The molecule has 0 saturated heterocycles. The van der Waals surface area contributed by atoms with Crippen molar-refractivity contribution in [3.63, 3.8) is 0 Å². The van der Waals surface area contributed by atoms with Crippen LogP contribution in [-0.2, 0) is 11.3 Å². The predicted molar refractivity (Wildman–Crippen MR) is 98.8 cm³/mol. The quantitative estimate of drug-likeness (QED) is 0.805. The zero-order chi connectivity index (χ0) is 16.7. The molecule has 1 fully saturated rings. The lowest BCUT2D eigenvalue weighted by atomic mass is 10.0. The highest BCUT2D eigenvalue weighted by atomic mass is 35.5. The Morgan fingerprint density at radius 2 is 1.96 bits per heavy atom. The van der Waals surface area contributed by atoms with Gasteiger partial charge in [-0.2, -0.15) is 0 Å². The summed E-state index contributed by atoms with van der Waals surface area (Å²) < 4.78 is 0. The fraction of sp³-hybridized carbons (Fsp3) is 0.316. The summed E-state index contributed by atoms with van der Waals surface area (Å²) in [5, 5.41) is 4.77. The van der Waals surface area contributed by atoms with E-state index in [1.165, 1.54) is 0 Å². The van der Waals surface area contributed by atoms with Crippen molar-refractivity contribution in [2.75, 3.05) is 10.2 Å². The molecule has 0 unspecified atom stereocenters. The van der Waals surface area contributed by atoms with E-state index in [4.69, 9.17) is 23.2 Å². The summed E-state index contributed by atoms with van der Waals surface area (Å²) >= 11 is 12.3. The first-order valence-corrected chi connectivity index (χ1v) is 9.00. The predicted octanol–water partition coefficient (Wildman–Crippen LogP) is 5.12. The van der Waals surface area contributed by atoms with Gasteiger partial charge in [0.2, 0.25) is 5.91 Å². The summed E-state index contributed by atoms with van der Waals surface area (Å²) in [7, 11) is 0. The molecule has 1 N–H and O–H groups in total. The molecule has 4 rings (SSSR count). The van der Waals surface area contributed by atoms with Crippen LogP contribution in [0.15, 0.2) is 42.5 Å². The number of anilines is 2. The number of hydrogen-bond acceptors (Lipinski definition) is 2. The molecule has 1 heterocycles. The molecule has 1 aliphatic heterocycles. The van der Waals surface area contributed by atoms with Crippen molar-refractivity contribution in [1.82, 2.24) is 0 Å². The average Bonchev–Trinajstić information content (AvgIpc) is 2.99. The maximum Gasteiger partial charge on any atom is 0.232 e. The van der Waals surface area contributed by atoms with E-state index >= 15 is 0 Å². The number of fused-ring (bicyclic) bond motifs is 2. The van der Waals surface area contributed by atoms with E-state index in [2.05, 4.69) is 5.32 Å². The number of nitrogens with zero attached hydrogens (tertiary/aromatic N) is 1. The van der Waals surface area contributed by atoms with Gasteiger partial charge in [-0.15, -0.1) is 0 Å². The zero-order valence-corrected chi connectivity index (χ0v) is 14.6. The number of amides is 1. The SMILES string of the molecule is O=C1[C@H]2CCC[C@H]2Nc2ccccc2N1Cc1ccc(Cl)cc1Cl. The topological polar surface area (TPSA) is 32.3 Å². The van der Waals surface area contributed by atoms with Gasteiger partial charge in [0.15, 0.2) is 0 Å². The summed E-state index contributed by atoms with van der Waals surface area (Å²) in [5.41, 5.74) is 2.84. The van der Waals surface area contributed by atoms with Gasteiger partial charge in [-0.1, -0.05) is 47.8 Å². The molecule has 0 aromatic heterocycles. The van der Waals surface area contributed by atoms with Crippen molar-refractivity contribution < 1.29 is 4.79 Å². The van der Waals surface area contributed by atoms with Crippen LogP contribution < -0.4 is 10.2 Å². The van der Waals surface area contributed by atoms with Gasteiger partial charge in [-0.3, -0.25) is 4.79 Å². The van der Waals surface area contributed by atoms with Gasteiger partial charge >= 0.3 is 0 Å². The number of para-hydroxylation sites is 2. The first-order chi connectivity index (χ1) is 11.6. The number of hydrogen-bond donors (Lipinski definition) is 1. The van der Waals surface area contributed by atoms with E-state index in [0.29, 0.717) is 16.6 Å². The maximum absolute atomic E-state index is 13.2. The van der Waals surface area contributed by atoms with Gasteiger partial charge in [0.1, 0.15) is 0 Å². The van der Waals surface area contributed by atoms with Crippen LogP contribution in [0.5, 0.6) is 0 Å². The molecule has 2 aromatic carbocycles. The Kier molecular flexibility index (Phi) is 4.15. The van der Waals surface area contributed by atoms with Crippen molar-refractivity contribution in [1.29, 1.82) is 0 Å². The van der Waals surface area contributed by atoms with Gasteiger partial charge in [0.05, 0.1) is 23.8 Å². The van der Waals surface area contributed by atoms with Crippen LogP contribution in [0.25, 0.3) is 0 Å². The lowest BCUT2D eigenvalue weighted by molar-refractivity contribution is -0.122. The third-order valence-electron chi connectivity index (χ3n) is 4.98. The Morgan fingerprint density at radius 1 is 1.12 bits per heavy atom. The number of carbonyl (C=O) groups excluding carboxylic acids is 1. The molecule has 24 heavy (non-hydrogen) atoms. The lowest BCUT2D eigenvalue weighted by Crippen LogP contribution is -2.38. The first-order valence-electron chi connectivity index (χ1n) is 8.24. The molecule has 124 valence electrons. The van der Waals surface area contributed by atoms with Crippen LogP contribution in [0.1, 0.15) is 24.8 Å². The van der Waals surface area contributed by atoms with Crippen molar-refractivity contribution in [3.05, 3.63) is 58.1 Å². The van der Waals surface area contributed by atoms with Crippen molar-refractivity contribution >= 4 is 40.5 Å². The molecule has 3 nitrogen and oxygen atoms in total. The molecule has 1 aliphatic carbocycles. The summed E-state index contributed by atoms with van der Waals surface area (Å²) in [5.74, 6) is 0.212. The standard InChI is InChI=1S/C19H18Cl2N2O/c20-13-9-8-12(15(21)10-13)11-23-18-7-2-1-5-17(18)22-16-6-3-4-14(16)19(23)24/h1-2,5,7-10,14,16,22H,3-4,6,11H2/t14-,16+/m0/s1. The number of halogens is 2. The number of carbonyl (C=O) groups is 1. The highest BCUT2D eigenvalue weighted by Crippen LogP contribution is 2.39. The highest BCUT2D eigenvalue weighted by molar-refractivity contribution is 6.35. The third kappa shape index (κ3) is 2.76. The molecular formula is C19H18Cl2N2O. The second-order valence-corrected chi connectivity index (χ2v) is 7.31. The fourth-order valence-electron chi connectivity index (χ4n) is 3.76. The summed E-state index contributed by atoms with van der Waals surface area (Å²) in [6.45, 7) is 0.455. The van der Waals surface area contributed by atoms with E-state index in [1.54, 1.807) is 6.07 Å². The fourth-order valence-corrected chi connectivity index (χ4v) is 4.23. The number of benzene rings is 2. The maximum atomic E-state index is 13.2. The molecule has 2 aliphatic rings. The van der Waals surface area contributed by atoms with Gasteiger partial charge in [-0.05, 0) is 42.7 Å². The summed E-state index contributed by atoms with van der Waals surface area (Å²) in [4.78, 5) is 15.1. The Labute approximate surface area is 151 Å². The second-order valence-electron chi connectivity index (χ2n) is 6.47. The normalized spacial score (nSPS) is 22.6. The smallest absolute Gasteiger partial charge is 0.232 e. The van der Waals surface area contributed by atoms with Crippen molar-refractivity contribution in [2.45, 2.75) is 31.8 Å². The van der Waals surface area contributed by atoms with Crippen LogP contribution in [0.2, 0.25) is 10.0 Å². The number of nitrogens with one attached hydrogen (secondary N) is 1. The summed E-state index contributed by atoms with van der Waals surface area (Å²) in [6.07, 6.45) is 3.07. The minimum Gasteiger partial charge on any atom is -0.380 e. The second kappa shape index (κ2) is 6.30. The van der Waals surface area contributed by atoms with E-state index < -0.39 is 0 Å². The van der Waals surface area contributed by atoms with Crippen LogP contribution in [0.3, 0.4) is 0 Å². The first kappa shape index (κ1) is 15.8. The van der Waals surface area contributed by atoms with Gasteiger partial charge in [0, 0.05) is 16.1 Å². The third-order valence-corrected chi connectivity index (χ3v) is 5.57. The van der Waals surface area contributed by atoms with Gasteiger partial charge < -0.3 is 10.2 Å². The van der Waals surface area contributed by atoms with Crippen LogP contribution in [-0.4, -0.2) is 11.9 Å². The van der Waals surface area contributed by atoms with Crippen molar-refractivity contribution in [2.24, 2.45) is 5.92 Å². The van der Waals surface area contributed by atoms with Crippen LogP contribution in [0.4, 0.5) is 11.4 Å². The minimum absolute atomic E-state index is 0.0310. The van der Waals surface area contributed by atoms with Gasteiger partial charge in [0.25, 0.3) is 0 Å². The van der Waals surface area contributed by atoms with E-state index in [0.717, 1.165) is 36.2 Å². The Hall–Kier alpha value is -1.71. The molecule has 1 amide bonds. The molecule has 0 radical (unpaired) electrons. The Balaban J connectivity index is 1.75. The Morgan fingerprint density at radius 3 is 2.79 bits per heavy atom. The monoisotopic (exact) mass is 360 g/mol. The average molecular weight is 361 g/mol. The zero-order valence-electron chi connectivity index (χ0n) is 13.1. The molecule has 2 aromatic rings. The number of rotatable bonds is 2. The van der Waals surface area contributed by atoms with Crippen LogP contribution >= 0.6 is 23.2 Å². The van der Waals surface area contributed by atoms with E-state index in [1.807, 2.05) is 41.3 Å². The highest BCUT2D eigenvalue weighted by Gasteiger charge is 2.39. The Bertz CT molecular complexity index is 793. The summed E-state index contributed by atoms with van der Waals surface area (Å²) in [6, 6.07) is 13.7. The van der Waals surface area contributed by atoms with Crippen molar-refractivity contribution in [3.8, 4) is 0 Å². The lowest BCUT2D eigenvalue weighted by Gasteiger charge is -2.25. The van der Waals surface area contributed by atoms with E-state index in [9.17, 15) is 4.79 Å². The molecule has 1 saturated carbocycles.